The van der Waals surface area contributed by atoms with Gasteiger partial charge in [0.15, 0.2) is 0 Å². The largest absolute Gasteiger partial charge is 0.481 e. The molecule has 46 heavy (non-hydrogen) atoms. The Labute approximate surface area is 292 Å². The first-order valence-corrected chi connectivity index (χ1v) is 21.9. The molecule has 0 atom stereocenters. The van der Waals surface area contributed by atoms with E-state index < -0.39 is 5.97 Å². The van der Waals surface area contributed by atoms with Gasteiger partial charge in [0.1, 0.15) is 0 Å². The molecule has 0 aliphatic carbocycles. The highest BCUT2D eigenvalue weighted by Crippen LogP contribution is 2.16. The number of unbranched alkanes of at least 4 members (excludes halogenated alkanes) is 37. The Hall–Kier alpha value is -0.530. The Bertz CT molecular complexity index is 498. The fourth-order valence-corrected chi connectivity index (χ4v) is 6.68. The molecule has 0 aromatic rings. The second kappa shape index (κ2) is 46.6. The van der Waals surface area contributed by atoms with Gasteiger partial charge in [-0.25, -0.2) is 0 Å². The van der Waals surface area contributed by atoms with Crippen molar-refractivity contribution in [2.75, 3.05) is 0 Å². The second-order valence-electron chi connectivity index (χ2n) is 14.9. The summed E-state index contributed by atoms with van der Waals surface area (Å²) in [7, 11) is 0. The van der Waals surface area contributed by atoms with Crippen LogP contribution in [0.4, 0.5) is 0 Å². The number of rotatable bonds is 39. The summed E-state index contributed by atoms with van der Waals surface area (Å²) >= 11 is 0. The van der Waals surface area contributed by atoms with E-state index in [1.807, 2.05) is 0 Å². The van der Waals surface area contributed by atoms with E-state index in [0.29, 0.717) is 6.42 Å². The van der Waals surface area contributed by atoms with E-state index in [0.717, 1.165) is 12.8 Å². The van der Waals surface area contributed by atoms with Crippen molar-refractivity contribution < 1.29 is 9.90 Å². The van der Waals surface area contributed by atoms with Crippen molar-refractivity contribution in [1.82, 2.24) is 0 Å². The van der Waals surface area contributed by atoms with Crippen LogP contribution in [0.15, 0.2) is 0 Å². The topological polar surface area (TPSA) is 37.3 Å². The molecule has 0 aromatic heterocycles. The highest BCUT2D eigenvalue weighted by molar-refractivity contribution is 5.66. The van der Waals surface area contributed by atoms with E-state index in [2.05, 4.69) is 20.8 Å². The Morgan fingerprint density at radius 1 is 0.261 bits per heavy atom. The average molecular weight is 651 g/mol. The number of aliphatic carboxylic acids is 1. The molecule has 0 bridgehead atoms. The third-order valence-electron chi connectivity index (χ3n) is 9.95. The van der Waals surface area contributed by atoms with Gasteiger partial charge in [-0.15, -0.1) is 0 Å². The molecule has 0 aliphatic heterocycles. The maximum absolute atomic E-state index is 10.4. The smallest absolute Gasteiger partial charge is 0.303 e. The molecule has 0 aliphatic rings. The van der Waals surface area contributed by atoms with Crippen molar-refractivity contribution in [1.29, 1.82) is 0 Å². The quantitative estimate of drug-likeness (QED) is 0.0672. The maximum Gasteiger partial charge on any atom is 0.303 e. The van der Waals surface area contributed by atoms with Crippen molar-refractivity contribution in [3.8, 4) is 0 Å². The van der Waals surface area contributed by atoms with Crippen LogP contribution < -0.4 is 0 Å². The predicted molar refractivity (Wildman–Crippen MR) is 209 cm³/mol. The van der Waals surface area contributed by atoms with Crippen LogP contribution in [0.3, 0.4) is 0 Å². The van der Waals surface area contributed by atoms with Crippen LogP contribution in [0.1, 0.15) is 278 Å². The number of hydrogen-bond acceptors (Lipinski definition) is 1. The van der Waals surface area contributed by atoms with Crippen molar-refractivity contribution >= 4 is 5.97 Å². The van der Waals surface area contributed by atoms with Crippen molar-refractivity contribution in [3.63, 3.8) is 0 Å². The van der Waals surface area contributed by atoms with Gasteiger partial charge in [0.25, 0.3) is 0 Å². The van der Waals surface area contributed by atoms with Crippen LogP contribution in [0.25, 0.3) is 0 Å². The Balaban J connectivity index is 0. The number of carbonyl (C=O) groups is 1. The van der Waals surface area contributed by atoms with Gasteiger partial charge >= 0.3 is 5.97 Å². The van der Waals surface area contributed by atoms with Gasteiger partial charge in [0, 0.05) is 6.42 Å². The summed E-state index contributed by atoms with van der Waals surface area (Å²) in [6.45, 7) is 6.88. The van der Waals surface area contributed by atoms with Gasteiger partial charge in [0.2, 0.25) is 0 Å². The molecule has 0 fully saturated rings. The zero-order valence-electron chi connectivity index (χ0n) is 32.6. The van der Waals surface area contributed by atoms with E-state index in [1.165, 1.54) is 238 Å². The van der Waals surface area contributed by atoms with Crippen molar-refractivity contribution in [2.45, 2.75) is 278 Å². The Kier molecular flexibility index (Phi) is 48.2. The second-order valence-corrected chi connectivity index (χ2v) is 14.9. The van der Waals surface area contributed by atoms with Gasteiger partial charge in [0.05, 0.1) is 0 Å². The van der Waals surface area contributed by atoms with Gasteiger partial charge in [-0.1, -0.05) is 265 Å². The summed E-state index contributed by atoms with van der Waals surface area (Å²) in [6, 6.07) is 0. The standard InChI is InChI=1S/C23H46O2.C21H44/c1-2-3-4-5-6-7-8-9-10-11-12-13-14-15-16-17-18-19-20-21-22-23(24)25;1-3-5-7-9-11-13-15-17-19-21-20-18-16-14-12-10-8-6-4-2/h2-22H2,1H3,(H,24,25);3-21H2,1-2H3. The molecule has 0 aromatic carbocycles. The summed E-state index contributed by atoms with van der Waals surface area (Å²) in [5, 5.41) is 8.56. The Morgan fingerprint density at radius 2 is 0.391 bits per heavy atom. The van der Waals surface area contributed by atoms with Gasteiger partial charge in [-0.3, -0.25) is 4.79 Å². The molecule has 0 heterocycles. The lowest BCUT2D eigenvalue weighted by atomic mass is 10.0. The summed E-state index contributed by atoms with van der Waals surface area (Å²) in [5.41, 5.74) is 0. The normalized spacial score (nSPS) is 11.1. The summed E-state index contributed by atoms with van der Waals surface area (Å²) in [4.78, 5) is 10.4. The van der Waals surface area contributed by atoms with Crippen LogP contribution in [-0.4, -0.2) is 11.1 Å². The molecule has 0 amide bonds. The minimum atomic E-state index is -0.651. The lowest BCUT2D eigenvalue weighted by Crippen LogP contribution is -1.93. The molecule has 0 radical (unpaired) electrons. The summed E-state index contributed by atoms with van der Waals surface area (Å²) in [5.74, 6) is -0.651. The first kappa shape index (κ1) is 47.6. The monoisotopic (exact) mass is 651 g/mol. The first-order valence-electron chi connectivity index (χ1n) is 21.9. The molecular formula is C44H90O2. The van der Waals surface area contributed by atoms with E-state index in [-0.39, 0.29) is 0 Å². The van der Waals surface area contributed by atoms with Crippen LogP contribution >= 0.6 is 0 Å². The molecule has 2 nitrogen and oxygen atoms in total. The van der Waals surface area contributed by atoms with E-state index >= 15 is 0 Å². The molecular weight excluding hydrogens is 560 g/mol. The summed E-state index contributed by atoms with van der Waals surface area (Å²) in [6.07, 6.45) is 55.5. The number of carboxylic acids is 1. The van der Waals surface area contributed by atoms with Crippen LogP contribution in [-0.2, 0) is 4.79 Å². The van der Waals surface area contributed by atoms with Crippen LogP contribution in [0.2, 0.25) is 0 Å². The molecule has 0 unspecified atom stereocenters. The van der Waals surface area contributed by atoms with Crippen molar-refractivity contribution in [2.24, 2.45) is 0 Å². The van der Waals surface area contributed by atoms with Gasteiger partial charge < -0.3 is 5.11 Å². The fourth-order valence-electron chi connectivity index (χ4n) is 6.68. The van der Waals surface area contributed by atoms with E-state index in [9.17, 15) is 4.79 Å². The summed E-state index contributed by atoms with van der Waals surface area (Å²) < 4.78 is 0. The molecule has 278 valence electrons. The molecule has 2 heteroatoms. The highest BCUT2D eigenvalue weighted by atomic mass is 16.4. The average Bonchev–Trinajstić information content (AvgIpc) is 3.05. The third kappa shape index (κ3) is 50.3. The van der Waals surface area contributed by atoms with Crippen LogP contribution in [0.5, 0.6) is 0 Å². The zero-order valence-corrected chi connectivity index (χ0v) is 32.6. The predicted octanol–water partition coefficient (Wildman–Crippen LogP) is 16.7. The van der Waals surface area contributed by atoms with E-state index in [4.69, 9.17) is 5.11 Å². The van der Waals surface area contributed by atoms with E-state index in [1.54, 1.807) is 0 Å². The lowest BCUT2D eigenvalue weighted by Gasteiger charge is -2.04. The molecule has 0 saturated carbocycles. The number of carboxylic acid groups (broad SMARTS) is 1. The molecule has 0 saturated heterocycles. The molecule has 1 N–H and O–H groups in total. The fraction of sp³-hybridized carbons (Fsp3) is 0.977. The van der Waals surface area contributed by atoms with Gasteiger partial charge in [-0.05, 0) is 6.42 Å². The highest BCUT2D eigenvalue weighted by Gasteiger charge is 1.98. The van der Waals surface area contributed by atoms with Gasteiger partial charge in [-0.2, -0.15) is 0 Å². The Morgan fingerprint density at radius 3 is 0.522 bits per heavy atom. The SMILES string of the molecule is CCCCCCCCCCCCCCCCCCCCC.CCCCCCCCCCCCCCCCCCCCCCC(=O)O. The first-order chi connectivity index (χ1) is 22.7. The van der Waals surface area contributed by atoms with Crippen molar-refractivity contribution in [3.05, 3.63) is 0 Å². The molecule has 0 spiro atoms. The minimum absolute atomic E-state index is 0.346. The number of hydrogen-bond donors (Lipinski definition) is 1. The lowest BCUT2D eigenvalue weighted by molar-refractivity contribution is -0.137. The third-order valence-corrected chi connectivity index (χ3v) is 9.95. The molecule has 0 rings (SSSR count). The zero-order chi connectivity index (χ0) is 33.9. The minimum Gasteiger partial charge on any atom is -0.481 e. The maximum atomic E-state index is 10.4. The van der Waals surface area contributed by atoms with Crippen LogP contribution in [0, 0.1) is 0 Å².